The highest BCUT2D eigenvalue weighted by atomic mass is 16.3. The molecular formula is C19H24N2O2. The second kappa shape index (κ2) is 6.59. The monoisotopic (exact) mass is 312 g/mol. The molecule has 1 aromatic heterocycles. The summed E-state index contributed by atoms with van der Waals surface area (Å²) in [4.78, 5) is 16.6. The topological polar surface area (TPSA) is 36.7 Å². The molecule has 0 atom stereocenters. The van der Waals surface area contributed by atoms with Crippen molar-refractivity contribution < 1.29 is 9.21 Å². The van der Waals surface area contributed by atoms with Crippen LogP contribution in [-0.4, -0.2) is 41.9 Å². The average molecular weight is 312 g/mol. The van der Waals surface area contributed by atoms with E-state index in [0.29, 0.717) is 5.76 Å². The first-order valence-electron chi connectivity index (χ1n) is 8.16. The largest absolute Gasteiger partial charge is 0.459 e. The third kappa shape index (κ3) is 3.48. The van der Waals surface area contributed by atoms with Gasteiger partial charge in [0.15, 0.2) is 5.76 Å². The van der Waals surface area contributed by atoms with E-state index >= 15 is 0 Å². The third-order valence-corrected chi connectivity index (χ3v) is 4.61. The van der Waals surface area contributed by atoms with Crippen molar-refractivity contribution in [2.24, 2.45) is 0 Å². The van der Waals surface area contributed by atoms with Crippen LogP contribution in [0.2, 0.25) is 0 Å². The van der Waals surface area contributed by atoms with Crippen LogP contribution in [0.25, 0.3) is 0 Å². The van der Waals surface area contributed by atoms with Crippen molar-refractivity contribution in [3.63, 3.8) is 0 Å². The zero-order valence-electron chi connectivity index (χ0n) is 14.1. The number of amides is 1. The van der Waals surface area contributed by atoms with Gasteiger partial charge in [-0.1, -0.05) is 17.7 Å². The SMILES string of the molecule is Cc1cc(C)c(CN2CCN(C(=O)c3ccco3)CC2)c(C)c1. The number of furan rings is 1. The first-order chi connectivity index (χ1) is 11.0. The first-order valence-corrected chi connectivity index (χ1v) is 8.16. The maximum Gasteiger partial charge on any atom is 0.289 e. The van der Waals surface area contributed by atoms with E-state index in [1.54, 1.807) is 18.4 Å². The second-order valence-electron chi connectivity index (χ2n) is 6.42. The van der Waals surface area contributed by atoms with Gasteiger partial charge in [-0.3, -0.25) is 9.69 Å². The molecule has 0 unspecified atom stereocenters. The summed E-state index contributed by atoms with van der Waals surface area (Å²) in [7, 11) is 0. The minimum absolute atomic E-state index is 0.00246. The molecule has 23 heavy (non-hydrogen) atoms. The summed E-state index contributed by atoms with van der Waals surface area (Å²) in [5, 5.41) is 0. The van der Waals surface area contributed by atoms with Gasteiger partial charge in [-0.15, -0.1) is 0 Å². The first kappa shape index (κ1) is 15.8. The highest BCUT2D eigenvalue weighted by Crippen LogP contribution is 2.19. The van der Waals surface area contributed by atoms with E-state index in [4.69, 9.17) is 4.42 Å². The summed E-state index contributed by atoms with van der Waals surface area (Å²) in [6.07, 6.45) is 1.55. The van der Waals surface area contributed by atoms with Crippen LogP contribution < -0.4 is 0 Å². The molecule has 4 nitrogen and oxygen atoms in total. The van der Waals surface area contributed by atoms with Gasteiger partial charge in [-0.25, -0.2) is 0 Å². The average Bonchev–Trinajstić information content (AvgIpc) is 3.05. The van der Waals surface area contributed by atoms with E-state index in [2.05, 4.69) is 37.8 Å². The van der Waals surface area contributed by atoms with Crippen LogP contribution in [0.5, 0.6) is 0 Å². The van der Waals surface area contributed by atoms with Crippen LogP contribution >= 0.6 is 0 Å². The van der Waals surface area contributed by atoms with Crippen LogP contribution in [0.15, 0.2) is 34.9 Å². The molecule has 0 N–H and O–H groups in total. The maximum absolute atomic E-state index is 12.3. The fraction of sp³-hybridized carbons (Fsp3) is 0.421. The number of carbonyl (C=O) groups excluding carboxylic acids is 1. The lowest BCUT2D eigenvalue weighted by atomic mass is 9.99. The summed E-state index contributed by atoms with van der Waals surface area (Å²) in [5.41, 5.74) is 5.45. The van der Waals surface area contributed by atoms with E-state index in [1.807, 2.05) is 4.90 Å². The Morgan fingerprint density at radius 3 is 2.30 bits per heavy atom. The number of aryl methyl sites for hydroxylation is 3. The minimum atomic E-state index is -0.00246. The van der Waals surface area contributed by atoms with Gasteiger partial charge in [-0.2, -0.15) is 0 Å². The zero-order chi connectivity index (χ0) is 16.4. The van der Waals surface area contributed by atoms with Gasteiger partial charge in [0.25, 0.3) is 5.91 Å². The molecule has 4 heteroatoms. The lowest BCUT2D eigenvalue weighted by molar-refractivity contribution is 0.0597. The molecule has 0 saturated carbocycles. The lowest BCUT2D eigenvalue weighted by Crippen LogP contribution is -2.48. The quantitative estimate of drug-likeness (QED) is 0.873. The van der Waals surface area contributed by atoms with Crippen LogP contribution in [0, 0.1) is 20.8 Å². The Hall–Kier alpha value is -2.07. The van der Waals surface area contributed by atoms with Gasteiger partial charge in [0.2, 0.25) is 0 Å². The smallest absolute Gasteiger partial charge is 0.289 e. The number of hydrogen-bond donors (Lipinski definition) is 0. The van der Waals surface area contributed by atoms with E-state index in [-0.39, 0.29) is 5.91 Å². The maximum atomic E-state index is 12.3. The highest BCUT2D eigenvalue weighted by Gasteiger charge is 2.24. The highest BCUT2D eigenvalue weighted by molar-refractivity contribution is 5.91. The molecule has 2 heterocycles. The number of rotatable bonds is 3. The predicted octanol–water partition coefficient (Wildman–Crippen LogP) is 3.16. The van der Waals surface area contributed by atoms with Crippen molar-refractivity contribution in [2.45, 2.75) is 27.3 Å². The Morgan fingerprint density at radius 2 is 1.74 bits per heavy atom. The Bertz CT molecular complexity index is 660. The number of nitrogens with zero attached hydrogens (tertiary/aromatic N) is 2. The van der Waals surface area contributed by atoms with Crippen molar-refractivity contribution in [1.82, 2.24) is 9.80 Å². The number of carbonyl (C=O) groups is 1. The summed E-state index contributed by atoms with van der Waals surface area (Å²) >= 11 is 0. The molecule has 1 aliphatic rings. The van der Waals surface area contributed by atoms with E-state index in [1.165, 1.54) is 22.3 Å². The molecule has 0 radical (unpaired) electrons. The molecule has 1 fully saturated rings. The Labute approximate surface area is 137 Å². The number of piperazine rings is 1. The van der Waals surface area contributed by atoms with Crippen molar-refractivity contribution in [3.05, 3.63) is 58.5 Å². The van der Waals surface area contributed by atoms with Crippen LogP contribution in [-0.2, 0) is 6.54 Å². The van der Waals surface area contributed by atoms with Gasteiger partial charge in [0.05, 0.1) is 6.26 Å². The van der Waals surface area contributed by atoms with Gasteiger partial charge in [-0.05, 0) is 49.6 Å². The minimum Gasteiger partial charge on any atom is -0.459 e. The van der Waals surface area contributed by atoms with Crippen molar-refractivity contribution in [1.29, 1.82) is 0 Å². The fourth-order valence-corrected chi connectivity index (χ4v) is 3.35. The van der Waals surface area contributed by atoms with E-state index in [9.17, 15) is 4.79 Å². The predicted molar refractivity (Wildman–Crippen MR) is 90.5 cm³/mol. The molecule has 3 rings (SSSR count). The van der Waals surface area contributed by atoms with Crippen LogP contribution in [0.1, 0.15) is 32.8 Å². The fourth-order valence-electron chi connectivity index (χ4n) is 3.35. The van der Waals surface area contributed by atoms with Gasteiger partial charge >= 0.3 is 0 Å². The van der Waals surface area contributed by atoms with Crippen molar-refractivity contribution in [2.75, 3.05) is 26.2 Å². The molecule has 2 aromatic rings. The van der Waals surface area contributed by atoms with E-state index < -0.39 is 0 Å². The summed E-state index contributed by atoms with van der Waals surface area (Å²) in [6, 6.07) is 7.98. The third-order valence-electron chi connectivity index (χ3n) is 4.61. The van der Waals surface area contributed by atoms with Gasteiger partial charge < -0.3 is 9.32 Å². The molecule has 122 valence electrons. The lowest BCUT2D eigenvalue weighted by Gasteiger charge is -2.35. The van der Waals surface area contributed by atoms with Gasteiger partial charge in [0.1, 0.15) is 0 Å². The number of benzene rings is 1. The molecule has 1 amide bonds. The summed E-state index contributed by atoms with van der Waals surface area (Å²) in [6.45, 7) is 10.8. The molecule has 1 aromatic carbocycles. The molecule has 0 bridgehead atoms. The molecule has 0 aliphatic carbocycles. The summed E-state index contributed by atoms with van der Waals surface area (Å²) < 4.78 is 5.21. The standard InChI is InChI=1S/C19H24N2O2/c1-14-11-15(2)17(16(3)12-14)13-20-6-8-21(9-7-20)19(22)18-5-4-10-23-18/h4-5,10-12H,6-9,13H2,1-3H3. The van der Waals surface area contributed by atoms with Gasteiger partial charge in [0, 0.05) is 32.7 Å². The molecule has 1 aliphatic heterocycles. The Balaban J connectivity index is 1.61. The Kier molecular flexibility index (Phi) is 4.53. The van der Waals surface area contributed by atoms with E-state index in [0.717, 1.165) is 32.7 Å². The molecular weight excluding hydrogens is 288 g/mol. The van der Waals surface area contributed by atoms with Crippen molar-refractivity contribution in [3.8, 4) is 0 Å². The Morgan fingerprint density at radius 1 is 1.09 bits per heavy atom. The summed E-state index contributed by atoms with van der Waals surface area (Å²) in [5.74, 6) is 0.432. The normalized spacial score (nSPS) is 15.9. The molecule has 0 spiro atoms. The second-order valence-corrected chi connectivity index (χ2v) is 6.42. The zero-order valence-corrected chi connectivity index (χ0v) is 14.1. The number of hydrogen-bond acceptors (Lipinski definition) is 3. The molecule has 1 saturated heterocycles. The van der Waals surface area contributed by atoms with Crippen LogP contribution in [0.4, 0.5) is 0 Å². The van der Waals surface area contributed by atoms with Crippen molar-refractivity contribution >= 4 is 5.91 Å². The van der Waals surface area contributed by atoms with Crippen LogP contribution in [0.3, 0.4) is 0 Å².